The predicted octanol–water partition coefficient (Wildman–Crippen LogP) is 3.57. The Morgan fingerprint density at radius 1 is 1.24 bits per heavy atom. The number of ether oxygens (including phenoxy) is 1. The molecule has 0 aromatic heterocycles. The molecule has 3 rings (SSSR count). The average molecular weight is 290 g/mol. The van der Waals surface area contributed by atoms with E-state index in [1.807, 2.05) is 37.5 Å². The highest BCUT2D eigenvalue weighted by Gasteiger charge is 2.34. The van der Waals surface area contributed by atoms with Gasteiger partial charge in [-0.1, -0.05) is 22.0 Å². The third-order valence-corrected chi connectivity index (χ3v) is 3.55. The molecule has 2 aliphatic heterocycles. The highest BCUT2D eigenvalue weighted by Crippen LogP contribution is 2.35. The minimum absolute atomic E-state index is 0.477. The van der Waals surface area contributed by atoms with Crippen LogP contribution in [0.15, 0.2) is 53.2 Å². The summed E-state index contributed by atoms with van der Waals surface area (Å²) in [6.07, 6.45) is 12.2. The Morgan fingerprint density at radius 2 is 2.12 bits per heavy atom. The zero-order chi connectivity index (χ0) is 11.9. The van der Waals surface area contributed by atoms with Crippen LogP contribution in [-0.2, 0) is 0 Å². The first-order valence-electron chi connectivity index (χ1n) is 5.46. The summed E-state index contributed by atoms with van der Waals surface area (Å²) in [5.41, 5.74) is 0.622. The third-order valence-electron chi connectivity index (χ3n) is 3.05. The first-order valence-corrected chi connectivity index (χ1v) is 6.26. The van der Waals surface area contributed by atoms with E-state index in [-0.39, 0.29) is 0 Å². The number of rotatable bonds is 0. The lowest BCUT2D eigenvalue weighted by molar-refractivity contribution is 0.0426. The zero-order valence-electron chi connectivity index (χ0n) is 9.43. The largest absolute Gasteiger partial charge is 0.460 e. The van der Waals surface area contributed by atoms with Gasteiger partial charge in [0.05, 0.1) is 0 Å². The first-order chi connectivity index (χ1) is 8.20. The molecule has 2 heterocycles. The van der Waals surface area contributed by atoms with Crippen molar-refractivity contribution < 1.29 is 4.74 Å². The second kappa shape index (κ2) is 3.77. The maximum absolute atomic E-state index is 6.11. The van der Waals surface area contributed by atoms with Gasteiger partial charge in [0.25, 0.3) is 0 Å². The standard InChI is InChI=1S/C14H12BrNO/c1-16-9-3-2-7-14(16)8-6-11-10-12(15)4-5-13(11)17-14/h2-10H,1H3. The van der Waals surface area contributed by atoms with Crippen molar-refractivity contribution in [3.05, 3.63) is 58.7 Å². The molecule has 3 heteroatoms. The van der Waals surface area contributed by atoms with E-state index in [1.165, 1.54) is 0 Å². The molecular formula is C14H12BrNO. The number of halogens is 1. The number of benzene rings is 1. The van der Waals surface area contributed by atoms with Crippen molar-refractivity contribution >= 4 is 22.0 Å². The fraction of sp³-hybridized carbons (Fsp3) is 0.143. The molecule has 1 unspecified atom stereocenters. The smallest absolute Gasteiger partial charge is 0.222 e. The van der Waals surface area contributed by atoms with Crippen LogP contribution in [0.25, 0.3) is 6.08 Å². The van der Waals surface area contributed by atoms with Gasteiger partial charge >= 0.3 is 0 Å². The Labute approximate surface area is 109 Å². The lowest BCUT2D eigenvalue weighted by atomic mass is 10.0. The van der Waals surface area contributed by atoms with Crippen LogP contribution in [0.3, 0.4) is 0 Å². The van der Waals surface area contributed by atoms with E-state index >= 15 is 0 Å². The molecule has 2 nitrogen and oxygen atoms in total. The molecule has 86 valence electrons. The molecule has 0 bridgehead atoms. The van der Waals surface area contributed by atoms with E-state index in [0.717, 1.165) is 15.8 Å². The lowest BCUT2D eigenvalue weighted by Gasteiger charge is -2.40. The summed E-state index contributed by atoms with van der Waals surface area (Å²) in [5.74, 6) is 0.905. The number of likely N-dealkylation sites (N-methyl/N-ethyl adjacent to an activating group) is 1. The van der Waals surface area contributed by atoms with Crippen molar-refractivity contribution in [3.8, 4) is 5.75 Å². The topological polar surface area (TPSA) is 12.5 Å². The Morgan fingerprint density at radius 3 is 2.94 bits per heavy atom. The minimum atomic E-state index is -0.477. The summed E-state index contributed by atoms with van der Waals surface area (Å²) < 4.78 is 7.17. The van der Waals surface area contributed by atoms with Crippen LogP contribution in [0.4, 0.5) is 0 Å². The summed E-state index contributed by atoms with van der Waals surface area (Å²) >= 11 is 3.46. The Hall–Kier alpha value is -1.48. The lowest BCUT2D eigenvalue weighted by Crippen LogP contribution is -2.47. The first kappa shape index (κ1) is 10.7. The molecule has 0 aliphatic carbocycles. The fourth-order valence-corrected chi connectivity index (χ4v) is 2.43. The highest BCUT2D eigenvalue weighted by molar-refractivity contribution is 9.10. The number of hydrogen-bond donors (Lipinski definition) is 0. The fourth-order valence-electron chi connectivity index (χ4n) is 2.05. The summed E-state index contributed by atoms with van der Waals surface area (Å²) in [7, 11) is 2.01. The van der Waals surface area contributed by atoms with Gasteiger partial charge in [0.15, 0.2) is 0 Å². The molecule has 1 spiro atoms. The molecule has 0 radical (unpaired) electrons. The number of nitrogens with zero attached hydrogens (tertiary/aromatic N) is 1. The number of fused-ring (bicyclic) bond motifs is 1. The van der Waals surface area contributed by atoms with Crippen molar-refractivity contribution in [1.82, 2.24) is 4.90 Å². The van der Waals surface area contributed by atoms with Crippen molar-refractivity contribution in [2.75, 3.05) is 7.05 Å². The quantitative estimate of drug-likeness (QED) is 0.724. The van der Waals surface area contributed by atoms with E-state index in [4.69, 9.17) is 4.74 Å². The second-order valence-electron chi connectivity index (χ2n) is 4.18. The van der Waals surface area contributed by atoms with E-state index in [2.05, 4.69) is 45.1 Å². The van der Waals surface area contributed by atoms with Crippen LogP contribution < -0.4 is 4.74 Å². The Bertz CT molecular complexity index is 547. The van der Waals surface area contributed by atoms with Gasteiger partial charge in [-0.25, -0.2) is 0 Å². The summed E-state index contributed by atoms with van der Waals surface area (Å²) in [6.45, 7) is 0. The maximum atomic E-state index is 6.11. The molecule has 0 fully saturated rings. The van der Waals surface area contributed by atoms with Crippen LogP contribution in [0, 0.1) is 0 Å². The molecule has 0 saturated carbocycles. The number of allylic oxidation sites excluding steroid dienone is 2. The SMILES string of the molecule is CN1C=CC=CC12C=Cc1cc(Br)ccc1O2. The van der Waals surface area contributed by atoms with Gasteiger partial charge in [0.1, 0.15) is 5.75 Å². The second-order valence-corrected chi connectivity index (χ2v) is 5.10. The van der Waals surface area contributed by atoms with Gasteiger partial charge in [-0.05, 0) is 42.5 Å². The van der Waals surface area contributed by atoms with Crippen molar-refractivity contribution in [3.63, 3.8) is 0 Å². The van der Waals surface area contributed by atoms with Gasteiger partial charge in [0.2, 0.25) is 5.72 Å². The van der Waals surface area contributed by atoms with E-state index in [9.17, 15) is 0 Å². The van der Waals surface area contributed by atoms with Crippen LogP contribution >= 0.6 is 15.9 Å². The summed E-state index contributed by atoms with van der Waals surface area (Å²) in [5, 5.41) is 0. The van der Waals surface area contributed by atoms with Gasteiger partial charge < -0.3 is 9.64 Å². The maximum Gasteiger partial charge on any atom is 0.222 e. The molecule has 0 saturated heterocycles. The van der Waals surface area contributed by atoms with Gasteiger partial charge in [0, 0.05) is 23.3 Å². The zero-order valence-corrected chi connectivity index (χ0v) is 11.0. The molecule has 0 N–H and O–H groups in total. The van der Waals surface area contributed by atoms with Gasteiger partial charge in [-0.3, -0.25) is 0 Å². The monoisotopic (exact) mass is 289 g/mol. The molecule has 1 atom stereocenters. The number of hydrogen-bond acceptors (Lipinski definition) is 2. The molecule has 0 amide bonds. The predicted molar refractivity (Wildman–Crippen MR) is 72.6 cm³/mol. The molecular weight excluding hydrogens is 278 g/mol. The Balaban J connectivity index is 2.04. The van der Waals surface area contributed by atoms with Crippen LogP contribution in [0.1, 0.15) is 5.56 Å². The summed E-state index contributed by atoms with van der Waals surface area (Å²) in [6, 6.07) is 6.04. The van der Waals surface area contributed by atoms with Crippen molar-refractivity contribution in [1.29, 1.82) is 0 Å². The highest BCUT2D eigenvalue weighted by atomic mass is 79.9. The van der Waals surface area contributed by atoms with Gasteiger partial charge in [-0.15, -0.1) is 0 Å². The van der Waals surface area contributed by atoms with Crippen molar-refractivity contribution in [2.24, 2.45) is 0 Å². The molecule has 2 aliphatic rings. The summed E-state index contributed by atoms with van der Waals surface area (Å²) in [4.78, 5) is 2.05. The van der Waals surface area contributed by atoms with Crippen LogP contribution in [0.2, 0.25) is 0 Å². The third kappa shape index (κ3) is 1.71. The van der Waals surface area contributed by atoms with Crippen LogP contribution in [0.5, 0.6) is 5.75 Å². The van der Waals surface area contributed by atoms with Crippen molar-refractivity contribution in [2.45, 2.75) is 5.72 Å². The van der Waals surface area contributed by atoms with Crippen LogP contribution in [-0.4, -0.2) is 17.7 Å². The van der Waals surface area contributed by atoms with E-state index in [1.54, 1.807) is 0 Å². The van der Waals surface area contributed by atoms with E-state index < -0.39 is 5.72 Å². The normalized spacial score (nSPS) is 24.9. The minimum Gasteiger partial charge on any atom is -0.460 e. The Kier molecular flexibility index (Phi) is 2.37. The molecule has 17 heavy (non-hydrogen) atoms. The van der Waals surface area contributed by atoms with E-state index in [0.29, 0.717) is 0 Å². The van der Waals surface area contributed by atoms with Gasteiger partial charge in [-0.2, -0.15) is 0 Å². The molecule has 1 aromatic carbocycles. The average Bonchev–Trinajstić information content (AvgIpc) is 2.34. The molecule has 1 aromatic rings.